The van der Waals surface area contributed by atoms with Gasteiger partial charge in [0.15, 0.2) is 5.82 Å². The first-order valence-electron chi connectivity index (χ1n) is 9.97. The third kappa shape index (κ3) is 6.31. The van der Waals surface area contributed by atoms with Crippen molar-refractivity contribution < 1.29 is 4.74 Å². The lowest BCUT2D eigenvalue weighted by atomic mass is 10.3. The maximum absolute atomic E-state index is 5.41. The quantitative estimate of drug-likeness (QED) is 0.265. The Hall–Kier alpha value is -4.86. The van der Waals surface area contributed by atoms with Gasteiger partial charge in [0.2, 0.25) is 5.95 Å². The molecule has 4 aromatic rings. The number of hydrogen-bond acceptors (Lipinski definition) is 10. The lowest BCUT2D eigenvalue weighted by Crippen LogP contribution is -2.04. The van der Waals surface area contributed by atoms with Gasteiger partial charge in [0.25, 0.3) is 0 Å². The van der Waals surface area contributed by atoms with E-state index in [2.05, 4.69) is 46.3 Å². The lowest BCUT2D eigenvalue weighted by molar-refractivity contribution is 0.417. The molecule has 3 N–H and O–H groups in total. The van der Waals surface area contributed by atoms with Gasteiger partial charge in [0, 0.05) is 30.9 Å². The summed E-state index contributed by atoms with van der Waals surface area (Å²) < 4.78 is 5.41. The van der Waals surface area contributed by atoms with Crippen LogP contribution in [0, 0.1) is 0 Å². The normalized spacial score (nSPS) is 10.9. The predicted molar refractivity (Wildman–Crippen MR) is 129 cm³/mol. The van der Waals surface area contributed by atoms with Crippen molar-refractivity contribution in [3.63, 3.8) is 0 Å². The SMILES string of the molecule is COc1ccccc1Nc1cc(NN=Cc2ccncc2)nc(NN=Cc2ccncc2)n1. The second-order valence-corrected chi connectivity index (χ2v) is 6.59. The molecular formula is C23H21N9O. The molecule has 0 bridgehead atoms. The second-order valence-electron chi connectivity index (χ2n) is 6.59. The third-order valence-corrected chi connectivity index (χ3v) is 4.28. The minimum absolute atomic E-state index is 0.279. The van der Waals surface area contributed by atoms with Crippen LogP contribution in [0.2, 0.25) is 0 Å². The fourth-order valence-corrected chi connectivity index (χ4v) is 2.74. The van der Waals surface area contributed by atoms with Gasteiger partial charge in [-0.05, 0) is 47.5 Å². The molecular weight excluding hydrogens is 418 g/mol. The zero-order valence-electron chi connectivity index (χ0n) is 17.8. The molecule has 0 unspecified atom stereocenters. The van der Waals surface area contributed by atoms with Gasteiger partial charge in [-0.3, -0.25) is 15.4 Å². The van der Waals surface area contributed by atoms with Gasteiger partial charge < -0.3 is 10.1 Å². The molecule has 0 amide bonds. The molecule has 0 aliphatic rings. The number of aromatic nitrogens is 4. The number of anilines is 4. The first-order chi connectivity index (χ1) is 16.3. The van der Waals surface area contributed by atoms with E-state index < -0.39 is 0 Å². The van der Waals surface area contributed by atoms with Crippen LogP contribution in [-0.2, 0) is 0 Å². The van der Waals surface area contributed by atoms with E-state index in [1.54, 1.807) is 50.4 Å². The van der Waals surface area contributed by atoms with Crippen molar-refractivity contribution in [1.82, 2.24) is 19.9 Å². The average Bonchev–Trinajstić information content (AvgIpc) is 2.86. The Morgan fingerprint density at radius 3 is 2.03 bits per heavy atom. The lowest BCUT2D eigenvalue weighted by Gasteiger charge is -2.12. The maximum Gasteiger partial charge on any atom is 0.247 e. The van der Waals surface area contributed by atoms with Gasteiger partial charge in [-0.25, -0.2) is 5.43 Å². The van der Waals surface area contributed by atoms with E-state index >= 15 is 0 Å². The summed E-state index contributed by atoms with van der Waals surface area (Å²) >= 11 is 0. The molecule has 164 valence electrons. The Bertz CT molecular complexity index is 1160. The highest BCUT2D eigenvalue weighted by molar-refractivity contribution is 5.80. The molecule has 0 aliphatic carbocycles. The summed E-state index contributed by atoms with van der Waals surface area (Å²) in [7, 11) is 1.61. The van der Waals surface area contributed by atoms with Gasteiger partial charge in [-0.15, -0.1) is 0 Å². The summed E-state index contributed by atoms with van der Waals surface area (Å²) in [5.74, 6) is 1.96. The Morgan fingerprint density at radius 2 is 1.36 bits per heavy atom. The number of hydrazone groups is 2. The monoisotopic (exact) mass is 439 g/mol. The molecule has 0 radical (unpaired) electrons. The van der Waals surface area contributed by atoms with Crippen molar-refractivity contribution in [1.29, 1.82) is 0 Å². The van der Waals surface area contributed by atoms with Crippen LogP contribution in [0.15, 0.2) is 89.6 Å². The molecule has 0 saturated heterocycles. The van der Waals surface area contributed by atoms with Crippen LogP contribution in [0.3, 0.4) is 0 Å². The van der Waals surface area contributed by atoms with Crippen molar-refractivity contribution in [2.45, 2.75) is 0 Å². The van der Waals surface area contributed by atoms with Crippen LogP contribution in [0.5, 0.6) is 5.75 Å². The molecule has 10 heteroatoms. The molecule has 0 atom stereocenters. The van der Waals surface area contributed by atoms with E-state index in [9.17, 15) is 0 Å². The Kier molecular flexibility index (Phi) is 7.10. The van der Waals surface area contributed by atoms with E-state index in [4.69, 9.17) is 4.74 Å². The number of benzene rings is 1. The van der Waals surface area contributed by atoms with Crippen LogP contribution >= 0.6 is 0 Å². The van der Waals surface area contributed by atoms with Crippen LogP contribution in [-0.4, -0.2) is 39.5 Å². The Balaban J connectivity index is 1.56. The summed E-state index contributed by atoms with van der Waals surface area (Å²) in [6, 6.07) is 16.7. The van der Waals surface area contributed by atoms with E-state index in [-0.39, 0.29) is 5.95 Å². The molecule has 10 nitrogen and oxygen atoms in total. The number of hydrogen-bond donors (Lipinski definition) is 3. The van der Waals surface area contributed by atoms with Crippen LogP contribution < -0.4 is 20.9 Å². The number of rotatable bonds is 9. The summed E-state index contributed by atoms with van der Waals surface area (Å²) in [4.78, 5) is 16.9. The first kappa shape index (κ1) is 21.4. The standard InChI is InChI=1S/C23H21N9O/c1-33-20-5-3-2-4-19(20)28-21-14-22(31-26-15-17-6-10-24-11-7-17)30-23(29-21)32-27-16-18-8-12-25-13-9-18/h2-16H,1H3,(H3,28,29,30,31,32). The van der Waals surface area contributed by atoms with Crippen molar-refractivity contribution in [2.24, 2.45) is 10.2 Å². The molecule has 0 saturated carbocycles. The van der Waals surface area contributed by atoms with Gasteiger partial charge in [0.1, 0.15) is 11.6 Å². The summed E-state index contributed by atoms with van der Waals surface area (Å²) in [6.07, 6.45) is 10.1. The minimum Gasteiger partial charge on any atom is -0.495 e. The Labute approximate surface area is 190 Å². The fraction of sp³-hybridized carbons (Fsp3) is 0.0435. The van der Waals surface area contributed by atoms with E-state index in [1.165, 1.54) is 0 Å². The number of nitrogens with zero attached hydrogens (tertiary/aromatic N) is 6. The largest absolute Gasteiger partial charge is 0.495 e. The summed E-state index contributed by atoms with van der Waals surface area (Å²) in [5.41, 5.74) is 8.33. The smallest absolute Gasteiger partial charge is 0.247 e. The number of pyridine rings is 2. The van der Waals surface area contributed by atoms with E-state index in [0.29, 0.717) is 17.4 Å². The molecule has 0 fully saturated rings. The van der Waals surface area contributed by atoms with Gasteiger partial charge in [0.05, 0.1) is 25.2 Å². The summed E-state index contributed by atoms with van der Waals surface area (Å²) in [6.45, 7) is 0. The summed E-state index contributed by atoms with van der Waals surface area (Å²) in [5, 5.41) is 11.7. The topological polar surface area (TPSA) is 122 Å². The predicted octanol–water partition coefficient (Wildman–Crippen LogP) is 3.91. The van der Waals surface area contributed by atoms with Crippen molar-refractivity contribution in [3.05, 3.63) is 90.5 Å². The third-order valence-electron chi connectivity index (χ3n) is 4.28. The molecule has 33 heavy (non-hydrogen) atoms. The highest BCUT2D eigenvalue weighted by Crippen LogP contribution is 2.27. The minimum atomic E-state index is 0.279. The molecule has 4 rings (SSSR count). The van der Waals surface area contributed by atoms with E-state index in [1.807, 2.05) is 48.5 Å². The van der Waals surface area contributed by atoms with Crippen molar-refractivity contribution >= 4 is 35.7 Å². The number of nitrogens with one attached hydrogen (secondary N) is 3. The molecule has 0 aliphatic heterocycles. The highest BCUT2D eigenvalue weighted by Gasteiger charge is 2.07. The number of ether oxygens (including phenoxy) is 1. The zero-order valence-corrected chi connectivity index (χ0v) is 17.8. The number of methoxy groups -OCH3 is 1. The van der Waals surface area contributed by atoms with Crippen molar-refractivity contribution in [3.8, 4) is 5.75 Å². The number of para-hydroxylation sites is 2. The molecule has 3 aromatic heterocycles. The fourth-order valence-electron chi connectivity index (χ4n) is 2.74. The highest BCUT2D eigenvalue weighted by atomic mass is 16.5. The van der Waals surface area contributed by atoms with E-state index in [0.717, 1.165) is 16.8 Å². The molecule has 0 spiro atoms. The average molecular weight is 439 g/mol. The van der Waals surface area contributed by atoms with Gasteiger partial charge >= 0.3 is 0 Å². The van der Waals surface area contributed by atoms with Crippen molar-refractivity contribution in [2.75, 3.05) is 23.3 Å². The first-order valence-corrected chi connectivity index (χ1v) is 9.97. The second kappa shape index (κ2) is 11.0. The Morgan fingerprint density at radius 1 is 0.758 bits per heavy atom. The van der Waals surface area contributed by atoms with Crippen LogP contribution in [0.4, 0.5) is 23.3 Å². The van der Waals surface area contributed by atoms with Gasteiger partial charge in [-0.2, -0.15) is 20.2 Å². The zero-order chi connectivity index (χ0) is 22.7. The van der Waals surface area contributed by atoms with Gasteiger partial charge in [-0.1, -0.05) is 12.1 Å². The molecule has 3 heterocycles. The molecule has 1 aromatic carbocycles. The van der Waals surface area contributed by atoms with Crippen LogP contribution in [0.1, 0.15) is 11.1 Å². The van der Waals surface area contributed by atoms with Crippen LogP contribution in [0.25, 0.3) is 0 Å². The maximum atomic E-state index is 5.41.